The zero-order valence-corrected chi connectivity index (χ0v) is 20.0. The summed E-state index contributed by atoms with van der Waals surface area (Å²) in [6, 6.07) is 0. The number of halogens is 1. The summed E-state index contributed by atoms with van der Waals surface area (Å²) >= 11 is 2.05. The van der Waals surface area contributed by atoms with Crippen molar-refractivity contribution in [2.75, 3.05) is 84.4 Å². The Kier molecular flexibility index (Phi) is 14.1. The van der Waals surface area contributed by atoms with E-state index in [-0.39, 0.29) is 29.5 Å². The highest BCUT2D eigenvalue weighted by Gasteiger charge is 2.40. The van der Waals surface area contributed by atoms with Gasteiger partial charge in [-0.15, -0.1) is 24.0 Å². The van der Waals surface area contributed by atoms with Crippen molar-refractivity contribution in [3.63, 3.8) is 0 Å². The number of hydrogen-bond acceptors (Lipinski definition) is 6. The van der Waals surface area contributed by atoms with E-state index in [0.29, 0.717) is 13.2 Å². The lowest BCUT2D eigenvalue weighted by molar-refractivity contribution is -0.0104. The Bertz CT molecular complexity index is 406. The van der Waals surface area contributed by atoms with Gasteiger partial charge in [-0.3, -0.25) is 9.89 Å². The Labute approximate surface area is 185 Å². The lowest BCUT2D eigenvalue weighted by Gasteiger charge is -2.42. The second kappa shape index (κ2) is 15.1. The van der Waals surface area contributed by atoms with Crippen LogP contribution in [0.3, 0.4) is 0 Å². The van der Waals surface area contributed by atoms with Gasteiger partial charge in [0.2, 0.25) is 0 Å². The van der Waals surface area contributed by atoms with E-state index < -0.39 is 0 Å². The molecule has 27 heavy (non-hydrogen) atoms. The molecule has 2 heterocycles. The van der Waals surface area contributed by atoms with E-state index in [1.165, 1.54) is 17.9 Å². The zero-order chi connectivity index (χ0) is 18.5. The molecule has 0 aromatic heterocycles. The molecule has 0 saturated carbocycles. The highest BCUT2D eigenvalue weighted by molar-refractivity contribution is 14.0. The van der Waals surface area contributed by atoms with E-state index in [1.54, 1.807) is 7.11 Å². The first kappa shape index (κ1) is 25.2. The van der Waals surface area contributed by atoms with Crippen LogP contribution >= 0.6 is 35.7 Å². The minimum absolute atomic E-state index is 0. The number of ether oxygens (including phenoxy) is 3. The summed E-state index contributed by atoms with van der Waals surface area (Å²) in [5.74, 6) is 3.31. The summed E-state index contributed by atoms with van der Waals surface area (Å²) in [4.78, 5) is 7.53. The van der Waals surface area contributed by atoms with Crippen molar-refractivity contribution in [3.8, 4) is 0 Å². The molecule has 0 aromatic rings. The van der Waals surface area contributed by atoms with E-state index in [9.17, 15) is 0 Å². The topological polar surface area (TPSA) is 67.4 Å². The molecule has 2 saturated heterocycles. The number of thioether (sulfide) groups is 1. The van der Waals surface area contributed by atoms with E-state index in [0.717, 1.165) is 64.9 Å². The number of aliphatic imine (C=N–C) groups is 1. The predicted octanol–water partition coefficient (Wildman–Crippen LogP) is 1.42. The third-order valence-corrected chi connectivity index (χ3v) is 6.06. The maximum absolute atomic E-state index is 5.54. The van der Waals surface area contributed by atoms with Crippen molar-refractivity contribution < 1.29 is 14.2 Å². The van der Waals surface area contributed by atoms with Crippen LogP contribution in [0.2, 0.25) is 0 Å². The van der Waals surface area contributed by atoms with Gasteiger partial charge in [-0.05, 0) is 25.5 Å². The Morgan fingerprint density at radius 1 is 1.22 bits per heavy atom. The quantitative estimate of drug-likeness (QED) is 0.186. The molecule has 7 nitrogen and oxygen atoms in total. The Morgan fingerprint density at radius 3 is 2.70 bits per heavy atom. The molecule has 0 bridgehead atoms. The van der Waals surface area contributed by atoms with Crippen molar-refractivity contribution in [2.45, 2.75) is 25.3 Å². The minimum atomic E-state index is 0. The molecular weight excluding hydrogens is 479 g/mol. The Hall–Kier alpha value is 0.190. The predicted molar refractivity (Wildman–Crippen MR) is 124 cm³/mol. The molecule has 2 N–H and O–H groups in total. The molecule has 0 radical (unpaired) electrons. The number of rotatable bonds is 11. The molecule has 2 aliphatic heterocycles. The first-order valence-corrected chi connectivity index (χ1v) is 11.0. The molecule has 2 aliphatic rings. The molecule has 0 aliphatic carbocycles. The first-order chi connectivity index (χ1) is 12.8. The summed E-state index contributed by atoms with van der Waals surface area (Å²) in [7, 11) is 1.69. The monoisotopic (exact) mass is 516 g/mol. The largest absolute Gasteiger partial charge is 0.382 e. The maximum Gasteiger partial charge on any atom is 0.191 e. The summed E-state index contributed by atoms with van der Waals surface area (Å²) in [5.41, 5.74) is 0.195. The maximum atomic E-state index is 5.54. The molecule has 2 rings (SSSR count). The van der Waals surface area contributed by atoms with E-state index in [1.807, 2.05) is 0 Å². The smallest absolute Gasteiger partial charge is 0.191 e. The van der Waals surface area contributed by atoms with E-state index >= 15 is 0 Å². The molecule has 0 amide bonds. The number of nitrogens with one attached hydrogen (secondary N) is 2. The minimum Gasteiger partial charge on any atom is -0.382 e. The average molecular weight is 516 g/mol. The fourth-order valence-electron chi connectivity index (χ4n) is 3.30. The first-order valence-electron chi connectivity index (χ1n) is 9.80. The summed E-state index contributed by atoms with van der Waals surface area (Å²) in [5, 5.41) is 6.80. The van der Waals surface area contributed by atoms with Crippen LogP contribution in [0.4, 0.5) is 0 Å². The second-order valence-corrected chi connectivity index (χ2v) is 7.81. The normalized spacial score (nSPS) is 23.9. The highest BCUT2D eigenvalue weighted by Crippen LogP contribution is 2.34. The third-order valence-electron chi connectivity index (χ3n) is 4.83. The number of hydrogen-bond donors (Lipinski definition) is 2. The van der Waals surface area contributed by atoms with Crippen LogP contribution in [0.25, 0.3) is 0 Å². The van der Waals surface area contributed by atoms with Crippen LogP contribution in [-0.2, 0) is 14.2 Å². The van der Waals surface area contributed by atoms with Crippen LogP contribution in [0.1, 0.15) is 19.8 Å². The fraction of sp³-hybridized carbons (Fsp3) is 0.944. The van der Waals surface area contributed by atoms with Crippen molar-refractivity contribution >= 4 is 41.7 Å². The zero-order valence-electron chi connectivity index (χ0n) is 16.8. The van der Waals surface area contributed by atoms with E-state index in [4.69, 9.17) is 19.2 Å². The average Bonchev–Trinajstić information content (AvgIpc) is 3.16. The van der Waals surface area contributed by atoms with Gasteiger partial charge in [-0.25, -0.2) is 0 Å². The van der Waals surface area contributed by atoms with Crippen molar-refractivity contribution in [2.24, 2.45) is 4.99 Å². The standard InChI is InChI=1S/C18H36N4O3S.HI/c1-3-19-17(20-6-4-9-24-13-12-23-2)21-15-18(5-14-26-16-18)22-7-10-25-11-8-22;/h3-16H2,1-2H3,(H2,19,20,21);1H. The van der Waals surface area contributed by atoms with Crippen molar-refractivity contribution in [3.05, 3.63) is 0 Å². The van der Waals surface area contributed by atoms with Crippen LogP contribution in [0.15, 0.2) is 4.99 Å². The van der Waals surface area contributed by atoms with Gasteiger partial charge in [-0.1, -0.05) is 0 Å². The van der Waals surface area contributed by atoms with Crippen LogP contribution in [-0.4, -0.2) is 101 Å². The van der Waals surface area contributed by atoms with Gasteiger partial charge in [0.1, 0.15) is 0 Å². The van der Waals surface area contributed by atoms with Gasteiger partial charge < -0.3 is 24.8 Å². The van der Waals surface area contributed by atoms with Gasteiger partial charge in [-0.2, -0.15) is 11.8 Å². The molecule has 2 fully saturated rings. The molecule has 0 spiro atoms. The van der Waals surface area contributed by atoms with Gasteiger partial charge in [0.25, 0.3) is 0 Å². The van der Waals surface area contributed by atoms with Crippen molar-refractivity contribution in [1.82, 2.24) is 15.5 Å². The number of methoxy groups -OCH3 is 1. The Morgan fingerprint density at radius 2 is 2.04 bits per heavy atom. The number of nitrogens with zero attached hydrogens (tertiary/aromatic N) is 2. The van der Waals surface area contributed by atoms with Gasteiger partial charge in [0.15, 0.2) is 5.96 Å². The van der Waals surface area contributed by atoms with Crippen LogP contribution < -0.4 is 10.6 Å². The summed E-state index contributed by atoms with van der Waals surface area (Å²) in [6.45, 7) is 10.5. The third kappa shape index (κ3) is 9.03. The van der Waals surface area contributed by atoms with Crippen LogP contribution in [0.5, 0.6) is 0 Å². The van der Waals surface area contributed by atoms with E-state index in [2.05, 4.69) is 34.2 Å². The van der Waals surface area contributed by atoms with Crippen LogP contribution in [0, 0.1) is 0 Å². The molecule has 160 valence electrons. The molecule has 1 unspecified atom stereocenters. The van der Waals surface area contributed by atoms with Gasteiger partial charge in [0, 0.05) is 45.6 Å². The number of guanidine groups is 1. The summed E-state index contributed by atoms with van der Waals surface area (Å²) < 4.78 is 16.0. The van der Waals surface area contributed by atoms with Gasteiger partial charge >= 0.3 is 0 Å². The molecule has 9 heteroatoms. The van der Waals surface area contributed by atoms with Crippen molar-refractivity contribution in [1.29, 1.82) is 0 Å². The SMILES string of the molecule is CCNC(=NCC1(N2CCOCC2)CCSC1)NCCCOCCOC.I. The second-order valence-electron chi connectivity index (χ2n) is 6.71. The summed E-state index contributed by atoms with van der Waals surface area (Å²) in [6.07, 6.45) is 2.17. The lowest BCUT2D eigenvalue weighted by atomic mass is 9.96. The molecule has 0 aromatic carbocycles. The highest BCUT2D eigenvalue weighted by atomic mass is 127. The molecular formula is C18H37IN4O3S. The lowest BCUT2D eigenvalue weighted by Crippen LogP contribution is -2.56. The number of morpholine rings is 1. The molecule has 1 atom stereocenters. The van der Waals surface area contributed by atoms with Gasteiger partial charge in [0.05, 0.1) is 38.5 Å². The fourth-order valence-corrected chi connectivity index (χ4v) is 4.77. The Balaban J connectivity index is 0.00000364.